The fraction of sp³-hybridized carbons (Fsp3) is 0.909. The fourth-order valence-electron chi connectivity index (χ4n) is 2.12. The molecule has 1 saturated carbocycles. The van der Waals surface area contributed by atoms with Crippen molar-refractivity contribution >= 4 is 6.09 Å². The predicted octanol–water partition coefficient (Wildman–Crippen LogP) is 1.83. The summed E-state index contributed by atoms with van der Waals surface area (Å²) in [6, 6.07) is 0.143. The third kappa shape index (κ3) is 2.62. The maximum atomic E-state index is 11.5. The van der Waals surface area contributed by atoms with Gasteiger partial charge in [0, 0.05) is 6.42 Å². The van der Waals surface area contributed by atoms with Crippen LogP contribution in [0.25, 0.3) is 0 Å². The van der Waals surface area contributed by atoms with Gasteiger partial charge in [-0.25, -0.2) is 4.79 Å². The predicted molar refractivity (Wildman–Crippen MR) is 55.7 cm³/mol. The molecule has 0 spiro atoms. The third-order valence-electron chi connectivity index (χ3n) is 2.81. The SMILES string of the molecule is CC(C)(C)OC(=O)N[C@H]1CC[C@@H]2C[C@H]1O2. The summed E-state index contributed by atoms with van der Waals surface area (Å²) in [5.41, 5.74) is -0.429. The van der Waals surface area contributed by atoms with Crippen LogP contribution in [0.15, 0.2) is 0 Å². The van der Waals surface area contributed by atoms with Crippen LogP contribution in [0.5, 0.6) is 0 Å². The zero-order valence-electron chi connectivity index (χ0n) is 9.58. The molecule has 4 nitrogen and oxygen atoms in total. The molecule has 2 saturated heterocycles. The van der Waals surface area contributed by atoms with E-state index in [2.05, 4.69) is 5.32 Å². The number of hydrogen-bond acceptors (Lipinski definition) is 3. The highest BCUT2D eigenvalue weighted by Crippen LogP contribution is 2.34. The molecule has 3 aliphatic rings. The lowest BCUT2D eigenvalue weighted by Gasteiger charge is -2.46. The Balaban J connectivity index is 1.78. The van der Waals surface area contributed by atoms with Gasteiger partial charge in [0.25, 0.3) is 0 Å². The second-order valence-electron chi connectivity index (χ2n) is 5.36. The van der Waals surface area contributed by atoms with E-state index in [4.69, 9.17) is 9.47 Å². The first-order valence-corrected chi connectivity index (χ1v) is 5.59. The standard InChI is InChI=1S/C11H19NO3/c1-11(2,3)15-10(13)12-8-5-4-7-6-9(8)14-7/h7-9H,4-6H2,1-3H3,(H,12,13)/t7-,8+,9-/m1/s1. The Labute approximate surface area is 90.3 Å². The lowest BCUT2D eigenvalue weighted by atomic mass is 9.85. The molecule has 2 aliphatic heterocycles. The van der Waals surface area contributed by atoms with Crippen molar-refractivity contribution in [1.82, 2.24) is 5.32 Å². The number of fused-ring (bicyclic) bond motifs is 2. The summed E-state index contributed by atoms with van der Waals surface area (Å²) in [7, 11) is 0. The first kappa shape index (κ1) is 10.7. The minimum Gasteiger partial charge on any atom is -0.444 e. The first-order valence-electron chi connectivity index (χ1n) is 5.59. The van der Waals surface area contributed by atoms with Crippen LogP contribution < -0.4 is 5.32 Å². The number of alkyl carbamates (subject to hydrolysis) is 1. The van der Waals surface area contributed by atoms with E-state index in [1.54, 1.807) is 0 Å². The van der Waals surface area contributed by atoms with Gasteiger partial charge in [-0.3, -0.25) is 0 Å². The number of ether oxygens (including phenoxy) is 2. The first-order chi connectivity index (χ1) is 6.94. The number of amides is 1. The molecule has 3 atom stereocenters. The quantitative estimate of drug-likeness (QED) is 0.723. The molecule has 4 heteroatoms. The van der Waals surface area contributed by atoms with Crippen molar-refractivity contribution in [2.75, 3.05) is 0 Å². The lowest BCUT2D eigenvalue weighted by molar-refractivity contribution is -0.170. The summed E-state index contributed by atoms with van der Waals surface area (Å²) in [4.78, 5) is 11.5. The summed E-state index contributed by atoms with van der Waals surface area (Å²) in [5.74, 6) is 0. The van der Waals surface area contributed by atoms with Gasteiger partial charge in [-0.15, -0.1) is 0 Å². The van der Waals surface area contributed by atoms with Gasteiger partial charge in [0.2, 0.25) is 0 Å². The van der Waals surface area contributed by atoms with Crippen molar-refractivity contribution in [3.8, 4) is 0 Å². The highest BCUT2D eigenvalue weighted by molar-refractivity contribution is 5.68. The second kappa shape index (κ2) is 3.67. The normalized spacial score (nSPS) is 34.2. The van der Waals surface area contributed by atoms with Crippen LogP contribution >= 0.6 is 0 Å². The van der Waals surface area contributed by atoms with E-state index >= 15 is 0 Å². The van der Waals surface area contributed by atoms with E-state index in [1.807, 2.05) is 20.8 Å². The summed E-state index contributed by atoms with van der Waals surface area (Å²) >= 11 is 0. The highest BCUT2D eigenvalue weighted by atomic mass is 16.6. The monoisotopic (exact) mass is 213 g/mol. The van der Waals surface area contributed by atoms with E-state index in [0.717, 1.165) is 19.3 Å². The molecule has 0 aromatic rings. The Kier molecular flexibility index (Phi) is 2.63. The van der Waals surface area contributed by atoms with Crippen molar-refractivity contribution in [1.29, 1.82) is 0 Å². The highest BCUT2D eigenvalue weighted by Gasteiger charge is 2.42. The zero-order chi connectivity index (χ0) is 11.1. The molecule has 1 N–H and O–H groups in total. The van der Waals surface area contributed by atoms with Crippen LogP contribution in [0.2, 0.25) is 0 Å². The average Bonchev–Trinajstić information content (AvgIpc) is 1.98. The summed E-state index contributed by atoms with van der Waals surface area (Å²) < 4.78 is 10.7. The maximum absolute atomic E-state index is 11.5. The topological polar surface area (TPSA) is 47.6 Å². The minimum atomic E-state index is -0.429. The van der Waals surface area contributed by atoms with Crippen LogP contribution in [0, 0.1) is 0 Å². The number of rotatable bonds is 1. The fourth-order valence-corrected chi connectivity index (χ4v) is 2.12. The molecule has 86 valence electrons. The average molecular weight is 213 g/mol. The Morgan fingerprint density at radius 1 is 1.40 bits per heavy atom. The zero-order valence-corrected chi connectivity index (χ0v) is 9.58. The molecule has 0 unspecified atom stereocenters. The Morgan fingerprint density at radius 2 is 2.07 bits per heavy atom. The van der Waals surface area contributed by atoms with Crippen LogP contribution in [0.4, 0.5) is 4.79 Å². The van der Waals surface area contributed by atoms with Gasteiger partial charge in [0.1, 0.15) is 5.60 Å². The maximum Gasteiger partial charge on any atom is 0.407 e. The van der Waals surface area contributed by atoms with E-state index in [-0.39, 0.29) is 18.2 Å². The Hall–Kier alpha value is -0.770. The van der Waals surface area contributed by atoms with E-state index in [9.17, 15) is 4.79 Å². The molecule has 3 fully saturated rings. The van der Waals surface area contributed by atoms with Gasteiger partial charge in [-0.1, -0.05) is 0 Å². The van der Waals surface area contributed by atoms with Crippen LogP contribution in [0.1, 0.15) is 40.0 Å². The molecule has 1 aliphatic carbocycles. The minimum absolute atomic E-state index is 0.143. The third-order valence-corrected chi connectivity index (χ3v) is 2.81. The largest absolute Gasteiger partial charge is 0.444 e. The van der Waals surface area contributed by atoms with E-state index in [0.29, 0.717) is 6.10 Å². The molecular formula is C11H19NO3. The Bertz CT molecular complexity index is 250. The van der Waals surface area contributed by atoms with Gasteiger partial charge in [-0.05, 0) is 33.6 Å². The second-order valence-corrected chi connectivity index (χ2v) is 5.36. The van der Waals surface area contributed by atoms with Crippen LogP contribution in [0.3, 0.4) is 0 Å². The molecule has 3 rings (SSSR count). The summed E-state index contributed by atoms with van der Waals surface area (Å²) in [6.45, 7) is 5.59. The summed E-state index contributed by atoms with van der Waals surface area (Å²) in [6.07, 6.45) is 3.48. The number of hydrogen-bond donors (Lipinski definition) is 1. The molecule has 0 aromatic carbocycles. The van der Waals surface area contributed by atoms with Crippen molar-refractivity contribution in [3.05, 3.63) is 0 Å². The lowest BCUT2D eigenvalue weighted by Crippen LogP contribution is -2.57. The van der Waals surface area contributed by atoms with E-state index in [1.165, 1.54) is 0 Å². The van der Waals surface area contributed by atoms with Gasteiger partial charge in [-0.2, -0.15) is 0 Å². The van der Waals surface area contributed by atoms with Gasteiger partial charge < -0.3 is 14.8 Å². The van der Waals surface area contributed by atoms with Gasteiger partial charge in [0.15, 0.2) is 0 Å². The Morgan fingerprint density at radius 3 is 2.53 bits per heavy atom. The molecule has 1 amide bonds. The van der Waals surface area contributed by atoms with Gasteiger partial charge >= 0.3 is 6.09 Å². The van der Waals surface area contributed by atoms with E-state index < -0.39 is 5.60 Å². The van der Waals surface area contributed by atoms with Gasteiger partial charge in [0.05, 0.1) is 18.2 Å². The molecule has 2 bridgehead atoms. The number of carbonyl (C=O) groups excluding carboxylic acids is 1. The van der Waals surface area contributed by atoms with Crippen molar-refractivity contribution in [3.63, 3.8) is 0 Å². The summed E-state index contributed by atoms with van der Waals surface area (Å²) in [5, 5.41) is 2.88. The molecule has 0 aromatic heterocycles. The van der Waals surface area contributed by atoms with Crippen molar-refractivity contribution in [2.24, 2.45) is 0 Å². The smallest absolute Gasteiger partial charge is 0.407 e. The van der Waals surface area contributed by atoms with Crippen molar-refractivity contribution in [2.45, 2.75) is 63.9 Å². The van der Waals surface area contributed by atoms with Crippen LogP contribution in [-0.2, 0) is 9.47 Å². The van der Waals surface area contributed by atoms with Crippen LogP contribution in [-0.4, -0.2) is 29.9 Å². The molecular weight excluding hydrogens is 194 g/mol. The van der Waals surface area contributed by atoms with Crippen molar-refractivity contribution < 1.29 is 14.3 Å². The molecule has 0 radical (unpaired) electrons. The molecule has 2 heterocycles. The number of nitrogens with one attached hydrogen (secondary N) is 1. The number of carbonyl (C=O) groups is 1. The molecule has 15 heavy (non-hydrogen) atoms.